The minimum atomic E-state index is 0.0447. The summed E-state index contributed by atoms with van der Waals surface area (Å²) in [6, 6.07) is 4.16. The number of hydrogen-bond donors (Lipinski definition) is 1. The van der Waals surface area contributed by atoms with Gasteiger partial charge in [-0.2, -0.15) is 5.10 Å². The lowest BCUT2D eigenvalue weighted by atomic mass is 9.97. The maximum atomic E-state index is 12.4. The molecule has 1 fully saturated rings. The van der Waals surface area contributed by atoms with Gasteiger partial charge in [-0.3, -0.25) is 9.69 Å². The first-order valence-electron chi connectivity index (χ1n) is 10.1. The third-order valence-corrected chi connectivity index (χ3v) is 5.72. The average molecular weight is 368 g/mol. The van der Waals surface area contributed by atoms with Crippen molar-refractivity contribution in [3.63, 3.8) is 0 Å². The molecule has 0 aromatic carbocycles. The summed E-state index contributed by atoms with van der Waals surface area (Å²) in [7, 11) is 0. The molecular weight excluding hydrogens is 340 g/mol. The highest BCUT2D eigenvalue weighted by Gasteiger charge is 2.22. The standard InChI is InChI=1S/C20H28N6O/c27-20-13-16-5-1-2-7-18(16)24-26(20)12-11-25-10-4-3-6-17(25)14-22-19-8-9-21-15-23-19/h8-9,13,15,17H,1-7,10-12,14H2,(H,21,22,23). The van der Waals surface area contributed by atoms with Gasteiger partial charge in [0.2, 0.25) is 0 Å². The van der Waals surface area contributed by atoms with Crippen molar-refractivity contribution in [2.45, 2.75) is 57.5 Å². The summed E-state index contributed by atoms with van der Waals surface area (Å²) in [5.41, 5.74) is 2.33. The zero-order valence-corrected chi connectivity index (χ0v) is 15.8. The van der Waals surface area contributed by atoms with E-state index in [1.807, 2.05) is 12.1 Å². The molecule has 0 spiro atoms. The Labute approximate surface area is 159 Å². The van der Waals surface area contributed by atoms with Crippen LogP contribution in [0.2, 0.25) is 0 Å². The maximum Gasteiger partial charge on any atom is 0.267 e. The van der Waals surface area contributed by atoms with Gasteiger partial charge in [0, 0.05) is 31.4 Å². The van der Waals surface area contributed by atoms with Crippen LogP contribution in [0.5, 0.6) is 0 Å². The van der Waals surface area contributed by atoms with Gasteiger partial charge in [0.05, 0.1) is 12.2 Å². The number of aryl methyl sites for hydroxylation is 2. The van der Waals surface area contributed by atoms with E-state index in [1.54, 1.807) is 17.2 Å². The van der Waals surface area contributed by atoms with Gasteiger partial charge in [0.15, 0.2) is 0 Å². The van der Waals surface area contributed by atoms with Gasteiger partial charge in [-0.25, -0.2) is 14.6 Å². The number of fused-ring (bicyclic) bond motifs is 1. The minimum absolute atomic E-state index is 0.0447. The third kappa shape index (κ3) is 4.53. The van der Waals surface area contributed by atoms with Gasteiger partial charge in [-0.1, -0.05) is 6.42 Å². The van der Waals surface area contributed by atoms with Crippen molar-refractivity contribution in [1.29, 1.82) is 0 Å². The van der Waals surface area contributed by atoms with E-state index in [0.29, 0.717) is 12.6 Å². The number of anilines is 1. The van der Waals surface area contributed by atoms with Crippen molar-refractivity contribution in [1.82, 2.24) is 24.6 Å². The molecule has 2 aromatic rings. The SMILES string of the molecule is O=c1cc2c(nn1CCN1CCCCC1CNc1ccncn1)CCCC2. The van der Waals surface area contributed by atoms with E-state index in [9.17, 15) is 4.79 Å². The van der Waals surface area contributed by atoms with E-state index in [1.165, 1.54) is 32.1 Å². The molecule has 1 saturated heterocycles. The highest BCUT2D eigenvalue weighted by Crippen LogP contribution is 2.19. The van der Waals surface area contributed by atoms with Crippen LogP contribution in [-0.4, -0.2) is 50.3 Å². The molecule has 144 valence electrons. The number of rotatable bonds is 6. The molecule has 1 aliphatic carbocycles. The van der Waals surface area contributed by atoms with Crippen LogP contribution in [-0.2, 0) is 19.4 Å². The lowest BCUT2D eigenvalue weighted by molar-refractivity contribution is 0.147. The van der Waals surface area contributed by atoms with Crippen molar-refractivity contribution >= 4 is 5.82 Å². The summed E-state index contributed by atoms with van der Waals surface area (Å²) in [5, 5.41) is 8.08. The van der Waals surface area contributed by atoms with Crippen molar-refractivity contribution < 1.29 is 0 Å². The summed E-state index contributed by atoms with van der Waals surface area (Å²) >= 11 is 0. The number of piperidine rings is 1. The molecule has 4 rings (SSSR count). The van der Waals surface area contributed by atoms with Crippen LogP contribution in [0.15, 0.2) is 29.5 Å². The first-order chi connectivity index (χ1) is 13.3. The topological polar surface area (TPSA) is 75.9 Å². The van der Waals surface area contributed by atoms with Crippen LogP contribution in [0.25, 0.3) is 0 Å². The third-order valence-electron chi connectivity index (χ3n) is 5.72. The molecule has 0 amide bonds. The second-order valence-electron chi connectivity index (χ2n) is 7.55. The molecule has 2 aliphatic rings. The summed E-state index contributed by atoms with van der Waals surface area (Å²) < 4.78 is 1.67. The van der Waals surface area contributed by atoms with Gasteiger partial charge in [-0.15, -0.1) is 0 Å². The van der Waals surface area contributed by atoms with E-state index in [0.717, 1.165) is 49.6 Å². The fourth-order valence-electron chi connectivity index (χ4n) is 4.19. The molecule has 2 aromatic heterocycles. The second kappa shape index (κ2) is 8.61. The number of hydrogen-bond acceptors (Lipinski definition) is 6. The van der Waals surface area contributed by atoms with E-state index in [-0.39, 0.29) is 5.56 Å². The molecule has 3 heterocycles. The molecule has 0 saturated carbocycles. The highest BCUT2D eigenvalue weighted by atomic mass is 16.1. The van der Waals surface area contributed by atoms with E-state index in [2.05, 4.69) is 25.3 Å². The van der Waals surface area contributed by atoms with Gasteiger partial charge >= 0.3 is 0 Å². The number of aromatic nitrogens is 4. The summed E-state index contributed by atoms with van der Waals surface area (Å²) in [6.45, 7) is 3.47. The van der Waals surface area contributed by atoms with Crippen LogP contribution >= 0.6 is 0 Å². The van der Waals surface area contributed by atoms with Crippen LogP contribution in [0.1, 0.15) is 43.4 Å². The first-order valence-corrected chi connectivity index (χ1v) is 10.1. The fourth-order valence-corrected chi connectivity index (χ4v) is 4.19. The predicted molar refractivity (Wildman–Crippen MR) is 105 cm³/mol. The lowest BCUT2D eigenvalue weighted by Gasteiger charge is -2.36. The molecule has 0 bridgehead atoms. The van der Waals surface area contributed by atoms with E-state index < -0.39 is 0 Å². The Morgan fingerprint density at radius 1 is 1.15 bits per heavy atom. The largest absolute Gasteiger partial charge is 0.368 e. The molecular formula is C20H28N6O. The minimum Gasteiger partial charge on any atom is -0.368 e. The van der Waals surface area contributed by atoms with Gasteiger partial charge in [-0.05, 0) is 56.7 Å². The van der Waals surface area contributed by atoms with Crippen molar-refractivity contribution in [3.8, 4) is 0 Å². The molecule has 7 heteroatoms. The molecule has 1 unspecified atom stereocenters. The lowest BCUT2D eigenvalue weighted by Crippen LogP contribution is -2.45. The summed E-state index contributed by atoms with van der Waals surface area (Å²) in [4.78, 5) is 23.1. The predicted octanol–water partition coefficient (Wildman–Crippen LogP) is 1.88. The molecule has 1 aliphatic heterocycles. The van der Waals surface area contributed by atoms with Gasteiger partial charge < -0.3 is 5.32 Å². The normalized spacial score (nSPS) is 20.2. The van der Waals surface area contributed by atoms with E-state index in [4.69, 9.17) is 0 Å². The Bertz CT molecular complexity index is 806. The highest BCUT2D eigenvalue weighted by molar-refractivity contribution is 5.31. The quantitative estimate of drug-likeness (QED) is 0.839. The Kier molecular flexibility index (Phi) is 5.77. The first kappa shape index (κ1) is 18.1. The molecule has 1 atom stereocenters. The monoisotopic (exact) mass is 368 g/mol. The van der Waals surface area contributed by atoms with E-state index >= 15 is 0 Å². The average Bonchev–Trinajstić information content (AvgIpc) is 2.72. The number of nitrogens with zero attached hydrogens (tertiary/aromatic N) is 5. The summed E-state index contributed by atoms with van der Waals surface area (Å²) in [5.74, 6) is 0.864. The summed E-state index contributed by atoms with van der Waals surface area (Å²) in [6.07, 6.45) is 11.3. The Morgan fingerprint density at radius 2 is 2.07 bits per heavy atom. The van der Waals surface area contributed by atoms with Crippen LogP contribution in [0.4, 0.5) is 5.82 Å². The molecule has 0 radical (unpaired) electrons. The molecule has 1 N–H and O–H groups in total. The van der Waals surface area contributed by atoms with Crippen molar-refractivity contribution in [2.24, 2.45) is 0 Å². The number of nitrogens with one attached hydrogen (secondary N) is 1. The maximum absolute atomic E-state index is 12.4. The van der Waals surface area contributed by atoms with Crippen LogP contribution in [0.3, 0.4) is 0 Å². The Morgan fingerprint density at radius 3 is 2.96 bits per heavy atom. The smallest absolute Gasteiger partial charge is 0.267 e. The van der Waals surface area contributed by atoms with Crippen molar-refractivity contribution in [2.75, 3.05) is 25.0 Å². The molecule has 7 nitrogen and oxygen atoms in total. The Balaban J connectivity index is 1.38. The zero-order valence-electron chi connectivity index (χ0n) is 15.8. The van der Waals surface area contributed by atoms with Crippen LogP contribution in [0, 0.1) is 0 Å². The fraction of sp³-hybridized carbons (Fsp3) is 0.600. The van der Waals surface area contributed by atoms with Crippen LogP contribution < -0.4 is 10.9 Å². The van der Waals surface area contributed by atoms with Gasteiger partial charge in [0.25, 0.3) is 5.56 Å². The second-order valence-corrected chi connectivity index (χ2v) is 7.55. The zero-order chi connectivity index (χ0) is 18.5. The van der Waals surface area contributed by atoms with Crippen molar-refractivity contribution in [3.05, 3.63) is 46.3 Å². The molecule has 27 heavy (non-hydrogen) atoms. The van der Waals surface area contributed by atoms with Gasteiger partial charge in [0.1, 0.15) is 12.1 Å². The Hall–Kier alpha value is -2.28. The number of likely N-dealkylation sites (tertiary alicyclic amines) is 1.